The van der Waals surface area contributed by atoms with Crippen LogP contribution < -0.4 is 15.4 Å². The molecule has 1 aliphatic rings. The van der Waals surface area contributed by atoms with E-state index in [-0.39, 0.29) is 22.5 Å². The zero-order chi connectivity index (χ0) is 40.4. The third-order valence-electron chi connectivity index (χ3n) is 9.45. The van der Waals surface area contributed by atoms with Gasteiger partial charge in [-0.25, -0.2) is 14.6 Å². The average Bonchev–Trinajstić information content (AvgIpc) is 3.82. The van der Waals surface area contributed by atoms with Gasteiger partial charge in [0, 0.05) is 62.9 Å². The lowest BCUT2D eigenvalue weighted by molar-refractivity contribution is 0.0542. The molecule has 6 aromatic rings. The van der Waals surface area contributed by atoms with E-state index in [9.17, 15) is 19.2 Å². The minimum atomic E-state index is -0.778. The lowest BCUT2D eigenvalue weighted by atomic mass is 9.92. The van der Waals surface area contributed by atoms with Crippen molar-refractivity contribution < 1.29 is 33.4 Å². The Bertz CT molecular complexity index is 2560. The zero-order valence-electron chi connectivity index (χ0n) is 32.4. The number of aromatic nitrogens is 2. The summed E-state index contributed by atoms with van der Waals surface area (Å²) in [5.41, 5.74) is 4.89. The molecule has 0 unspecified atom stereocenters. The van der Waals surface area contributed by atoms with E-state index in [1.807, 2.05) is 48.7 Å². The van der Waals surface area contributed by atoms with Crippen LogP contribution in [0.5, 0.6) is 5.75 Å². The second kappa shape index (κ2) is 15.9. The van der Waals surface area contributed by atoms with Gasteiger partial charge in [-0.3, -0.25) is 14.2 Å². The number of thiophene rings is 1. The Morgan fingerprint density at radius 3 is 2.47 bits per heavy atom. The molecule has 3 aromatic heterocycles. The summed E-state index contributed by atoms with van der Waals surface area (Å²) in [5, 5.41) is 8.61. The van der Waals surface area contributed by atoms with Gasteiger partial charge in [0.2, 0.25) is 0 Å². The van der Waals surface area contributed by atoms with Crippen LogP contribution in [0.4, 0.5) is 10.5 Å². The smallest absolute Gasteiger partial charge is 0.418 e. The van der Waals surface area contributed by atoms with E-state index in [1.165, 1.54) is 17.7 Å². The summed E-state index contributed by atoms with van der Waals surface area (Å²) in [6.45, 7) is 12.6. The number of hydrogen-bond donors (Lipinski definition) is 2. The highest BCUT2D eigenvalue weighted by molar-refractivity contribution is 7.13. The number of hydrogen-bond acceptors (Lipinski definition) is 9. The number of carbonyl (C=O) groups excluding carboxylic acids is 4. The highest BCUT2D eigenvalue weighted by atomic mass is 32.1. The highest BCUT2D eigenvalue weighted by Crippen LogP contribution is 2.44. The Hall–Kier alpha value is -6.53. The monoisotopic (exact) mass is 782 g/mol. The Kier molecular flexibility index (Phi) is 10.8. The number of anilines is 1. The fourth-order valence-electron chi connectivity index (χ4n) is 6.80. The Balaban J connectivity index is 1.40. The van der Waals surface area contributed by atoms with Gasteiger partial charge in [-0.2, -0.15) is 0 Å². The van der Waals surface area contributed by atoms with Crippen molar-refractivity contribution in [3.63, 3.8) is 0 Å². The predicted octanol–water partition coefficient (Wildman–Crippen LogP) is 9.39. The maximum Gasteiger partial charge on any atom is 0.418 e. The number of benzene rings is 3. The number of esters is 1. The minimum absolute atomic E-state index is 0.0310. The fraction of sp³-hybridized carbons (Fsp3) is 0.222. The quantitative estimate of drug-likeness (QED) is 0.139. The van der Waals surface area contributed by atoms with Gasteiger partial charge in [0.05, 0.1) is 19.2 Å². The van der Waals surface area contributed by atoms with Crippen molar-refractivity contribution in [3.05, 3.63) is 131 Å². The third kappa shape index (κ3) is 7.81. The van der Waals surface area contributed by atoms with Crippen molar-refractivity contribution in [1.82, 2.24) is 14.9 Å². The first kappa shape index (κ1) is 38.7. The maximum absolute atomic E-state index is 14.9. The number of ether oxygens (including phenoxy) is 3. The molecule has 0 spiro atoms. The maximum atomic E-state index is 14.9. The van der Waals surface area contributed by atoms with Crippen LogP contribution in [0.3, 0.4) is 0 Å². The van der Waals surface area contributed by atoms with Crippen LogP contribution >= 0.6 is 11.3 Å². The molecule has 290 valence electrons. The van der Waals surface area contributed by atoms with Gasteiger partial charge >= 0.3 is 12.1 Å². The largest absolute Gasteiger partial charge is 0.493 e. The third-order valence-corrected chi connectivity index (χ3v) is 10.4. The van der Waals surface area contributed by atoms with Crippen molar-refractivity contribution in [2.24, 2.45) is 0 Å². The van der Waals surface area contributed by atoms with Crippen LogP contribution in [0.15, 0.2) is 97.0 Å². The van der Waals surface area contributed by atoms with Crippen LogP contribution in [0.25, 0.3) is 38.0 Å². The zero-order valence-corrected chi connectivity index (χ0v) is 33.2. The first-order valence-electron chi connectivity index (χ1n) is 18.6. The first-order valence-corrected chi connectivity index (χ1v) is 19.5. The molecule has 57 heavy (non-hydrogen) atoms. The molecule has 11 nitrogen and oxygen atoms in total. The molecule has 0 radical (unpaired) electrons. The minimum Gasteiger partial charge on any atom is -0.493 e. The van der Waals surface area contributed by atoms with Crippen LogP contribution in [0.2, 0.25) is 0 Å². The van der Waals surface area contributed by atoms with E-state index in [0.29, 0.717) is 58.6 Å². The number of amides is 2. The van der Waals surface area contributed by atoms with E-state index < -0.39 is 29.5 Å². The van der Waals surface area contributed by atoms with Crippen molar-refractivity contribution in [3.8, 4) is 27.3 Å². The van der Waals surface area contributed by atoms with Crippen molar-refractivity contribution >= 4 is 57.4 Å². The summed E-state index contributed by atoms with van der Waals surface area (Å²) in [4.78, 5) is 60.0. The summed E-state index contributed by atoms with van der Waals surface area (Å²) in [5.74, 6) is -1.18. The van der Waals surface area contributed by atoms with Gasteiger partial charge < -0.3 is 24.8 Å². The molecule has 1 aliphatic heterocycles. The number of fused-ring (bicyclic) bond motifs is 4. The predicted molar refractivity (Wildman–Crippen MR) is 222 cm³/mol. The van der Waals surface area contributed by atoms with Gasteiger partial charge in [-0.1, -0.05) is 43.8 Å². The van der Waals surface area contributed by atoms with Crippen molar-refractivity contribution in [2.45, 2.75) is 46.1 Å². The molecular formula is C45H42N4O7S. The molecule has 12 heteroatoms. The SMILES string of the molecule is C=C(c1ccccc1)c1c(NC(=O)c2cc3c(cc2-c2ccc(C(=O)NCCC)nc2C(=O)OC)OCCc2ccsc2-3)ccc2c1ccn2C(=O)OC(C)(C)C. The van der Waals surface area contributed by atoms with Crippen LogP contribution in [0, 0.1) is 0 Å². The summed E-state index contributed by atoms with van der Waals surface area (Å²) in [6.07, 6.45) is 2.49. The second-order valence-electron chi connectivity index (χ2n) is 14.5. The second-order valence-corrected chi connectivity index (χ2v) is 15.4. The molecule has 0 aliphatic carbocycles. The standard InChI is InChI=1S/C45H42N4O7S/c1-7-20-46-42(51)35-14-13-29(39(47-35)43(52)54-6)31-25-37-33(40-28(18-22-55-37)19-23-57-40)24-32(31)41(50)48-34-15-16-36-30(17-21-49(36)44(53)56-45(3,4)5)38(34)26(2)27-11-9-8-10-12-27/h8-17,19,21,23-25H,2,7,18,20,22H2,1,3-6H3,(H,46,51)(H,48,50). The number of nitrogens with zero attached hydrogens (tertiary/aromatic N) is 2. The Labute approximate surface area is 334 Å². The number of carbonyl (C=O) groups is 4. The molecule has 2 N–H and O–H groups in total. The van der Waals surface area contributed by atoms with Crippen LogP contribution in [-0.2, 0) is 15.9 Å². The number of methoxy groups -OCH3 is 1. The number of nitrogens with one attached hydrogen (secondary N) is 2. The lowest BCUT2D eigenvalue weighted by Crippen LogP contribution is -2.26. The summed E-state index contributed by atoms with van der Waals surface area (Å²) >= 11 is 1.55. The summed E-state index contributed by atoms with van der Waals surface area (Å²) in [7, 11) is 1.23. The van der Waals surface area contributed by atoms with Crippen molar-refractivity contribution in [2.75, 3.05) is 25.6 Å². The summed E-state index contributed by atoms with van der Waals surface area (Å²) < 4.78 is 18.5. The molecule has 3 aromatic carbocycles. The van der Waals surface area contributed by atoms with Gasteiger partial charge in [0.15, 0.2) is 5.69 Å². The summed E-state index contributed by atoms with van der Waals surface area (Å²) in [6, 6.07) is 23.5. The van der Waals surface area contributed by atoms with Crippen LogP contribution in [-0.4, -0.2) is 59.3 Å². The molecule has 0 saturated carbocycles. The molecule has 4 heterocycles. The lowest BCUT2D eigenvalue weighted by Gasteiger charge is -2.21. The Morgan fingerprint density at radius 2 is 1.74 bits per heavy atom. The van der Waals surface area contributed by atoms with E-state index in [1.54, 1.807) is 74.7 Å². The van der Waals surface area contributed by atoms with Gasteiger partial charge in [0.1, 0.15) is 17.0 Å². The molecule has 2 amide bonds. The Morgan fingerprint density at radius 1 is 0.947 bits per heavy atom. The molecule has 0 fully saturated rings. The number of rotatable bonds is 9. The molecule has 0 atom stereocenters. The molecule has 0 saturated heterocycles. The first-order chi connectivity index (χ1) is 27.4. The fourth-order valence-corrected chi connectivity index (χ4v) is 7.78. The molecule has 0 bridgehead atoms. The highest BCUT2D eigenvalue weighted by Gasteiger charge is 2.28. The van der Waals surface area contributed by atoms with Crippen molar-refractivity contribution in [1.29, 1.82) is 0 Å². The van der Waals surface area contributed by atoms with Gasteiger partial charge in [-0.05, 0) is 97.8 Å². The van der Waals surface area contributed by atoms with Crippen LogP contribution in [0.1, 0.15) is 82.1 Å². The molecular weight excluding hydrogens is 741 g/mol. The van der Waals surface area contributed by atoms with E-state index in [4.69, 9.17) is 14.2 Å². The average molecular weight is 783 g/mol. The number of pyridine rings is 1. The van der Waals surface area contributed by atoms with Gasteiger partial charge in [0.25, 0.3) is 11.8 Å². The van der Waals surface area contributed by atoms with E-state index >= 15 is 0 Å². The topological polar surface area (TPSA) is 138 Å². The normalized spacial score (nSPS) is 12.1. The van der Waals surface area contributed by atoms with Gasteiger partial charge in [-0.15, -0.1) is 11.3 Å². The van der Waals surface area contributed by atoms with E-state index in [0.717, 1.165) is 28.0 Å². The molecule has 7 rings (SSSR count). The van der Waals surface area contributed by atoms with E-state index in [2.05, 4.69) is 22.2 Å².